The molecule has 0 aliphatic carbocycles. The van der Waals surface area contributed by atoms with Crippen LogP contribution in [-0.2, 0) is 0 Å². The van der Waals surface area contributed by atoms with E-state index in [0.717, 1.165) is 19.0 Å². The van der Waals surface area contributed by atoms with Crippen LogP contribution < -0.4 is 5.73 Å². The quantitative estimate of drug-likeness (QED) is 0.898. The van der Waals surface area contributed by atoms with Gasteiger partial charge in [-0.25, -0.2) is 8.78 Å². The number of benzene rings is 1. The smallest absolute Gasteiger partial charge is 0.163 e. The summed E-state index contributed by atoms with van der Waals surface area (Å²) in [4.78, 5) is 2.20. The van der Waals surface area contributed by atoms with Gasteiger partial charge in [0.2, 0.25) is 0 Å². The zero-order valence-electron chi connectivity index (χ0n) is 10.9. The van der Waals surface area contributed by atoms with E-state index in [0.29, 0.717) is 24.1 Å². The Hall–Kier alpha value is -1.00. The highest BCUT2D eigenvalue weighted by Crippen LogP contribution is 2.32. The van der Waals surface area contributed by atoms with E-state index in [1.807, 2.05) is 6.92 Å². The molecule has 1 saturated heterocycles. The molecule has 3 atom stereocenters. The van der Waals surface area contributed by atoms with E-state index in [-0.39, 0.29) is 6.04 Å². The fourth-order valence-corrected chi connectivity index (χ4v) is 2.90. The second-order valence-electron chi connectivity index (χ2n) is 5.20. The van der Waals surface area contributed by atoms with Crippen LogP contribution in [-0.4, -0.2) is 24.0 Å². The van der Waals surface area contributed by atoms with Crippen molar-refractivity contribution in [2.45, 2.75) is 32.4 Å². The molecular formula is C14H20F2N2. The van der Waals surface area contributed by atoms with Crippen molar-refractivity contribution in [3.05, 3.63) is 35.4 Å². The maximum atomic E-state index is 13.8. The molecule has 2 nitrogen and oxygen atoms in total. The normalized spacial score (nSPS) is 26.5. The van der Waals surface area contributed by atoms with Crippen LogP contribution in [0.2, 0.25) is 0 Å². The second kappa shape index (κ2) is 5.33. The minimum atomic E-state index is -0.776. The van der Waals surface area contributed by atoms with Crippen molar-refractivity contribution >= 4 is 0 Å². The van der Waals surface area contributed by atoms with E-state index in [1.54, 1.807) is 12.1 Å². The molecule has 2 N–H and O–H groups in total. The zero-order chi connectivity index (χ0) is 13.3. The van der Waals surface area contributed by atoms with Gasteiger partial charge < -0.3 is 5.73 Å². The van der Waals surface area contributed by atoms with Crippen LogP contribution in [0.3, 0.4) is 0 Å². The number of nitrogens with zero attached hydrogens (tertiary/aromatic N) is 1. The van der Waals surface area contributed by atoms with E-state index in [4.69, 9.17) is 5.73 Å². The van der Waals surface area contributed by atoms with Crippen LogP contribution >= 0.6 is 0 Å². The molecule has 1 aliphatic heterocycles. The first-order chi connectivity index (χ1) is 8.54. The number of nitrogens with two attached hydrogens (primary N) is 1. The Bertz CT molecular complexity index is 422. The van der Waals surface area contributed by atoms with Gasteiger partial charge in [-0.15, -0.1) is 0 Å². The first kappa shape index (κ1) is 13.4. The van der Waals surface area contributed by atoms with Gasteiger partial charge in [-0.1, -0.05) is 12.1 Å². The Morgan fingerprint density at radius 2 is 2.17 bits per heavy atom. The third kappa shape index (κ3) is 2.40. The van der Waals surface area contributed by atoms with Gasteiger partial charge in [0, 0.05) is 24.2 Å². The summed E-state index contributed by atoms with van der Waals surface area (Å²) in [7, 11) is 0. The summed E-state index contributed by atoms with van der Waals surface area (Å²) in [5.74, 6) is -1.05. The Balaban J connectivity index is 2.21. The fraction of sp³-hybridized carbons (Fsp3) is 0.571. The lowest BCUT2D eigenvalue weighted by Crippen LogP contribution is -2.31. The highest BCUT2D eigenvalue weighted by atomic mass is 19.2. The Morgan fingerprint density at radius 1 is 1.44 bits per heavy atom. The molecular weight excluding hydrogens is 234 g/mol. The Kier molecular flexibility index (Phi) is 3.97. The van der Waals surface area contributed by atoms with E-state index >= 15 is 0 Å². The number of likely N-dealkylation sites (tertiary alicyclic amines) is 1. The summed E-state index contributed by atoms with van der Waals surface area (Å²) in [5.41, 5.74) is 6.12. The number of hydrogen-bond acceptors (Lipinski definition) is 2. The summed E-state index contributed by atoms with van der Waals surface area (Å²) < 4.78 is 27.0. The van der Waals surface area contributed by atoms with Crippen molar-refractivity contribution in [1.29, 1.82) is 0 Å². The van der Waals surface area contributed by atoms with Gasteiger partial charge in [0.15, 0.2) is 11.6 Å². The van der Waals surface area contributed by atoms with Crippen LogP contribution in [0.5, 0.6) is 0 Å². The molecule has 18 heavy (non-hydrogen) atoms. The summed E-state index contributed by atoms with van der Waals surface area (Å²) >= 11 is 0. The van der Waals surface area contributed by atoms with Crippen LogP contribution in [0.15, 0.2) is 18.2 Å². The maximum Gasteiger partial charge on any atom is 0.163 e. The summed E-state index contributed by atoms with van der Waals surface area (Å²) in [6.45, 7) is 5.55. The second-order valence-corrected chi connectivity index (χ2v) is 5.20. The minimum Gasteiger partial charge on any atom is -0.330 e. The molecule has 0 radical (unpaired) electrons. The van der Waals surface area contributed by atoms with Crippen molar-refractivity contribution < 1.29 is 8.78 Å². The Labute approximate surface area is 107 Å². The lowest BCUT2D eigenvalue weighted by Gasteiger charge is -2.29. The summed E-state index contributed by atoms with van der Waals surface area (Å²) in [5, 5.41) is 0. The van der Waals surface area contributed by atoms with Crippen LogP contribution in [0.4, 0.5) is 8.78 Å². The molecule has 1 aliphatic rings. The monoisotopic (exact) mass is 254 g/mol. The highest BCUT2D eigenvalue weighted by molar-refractivity contribution is 5.22. The summed E-state index contributed by atoms with van der Waals surface area (Å²) in [6.07, 6.45) is 1.03. The van der Waals surface area contributed by atoms with Crippen molar-refractivity contribution in [1.82, 2.24) is 4.90 Å². The third-order valence-electron chi connectivity index (χ3n) is 3.97. The zero-order valence-corrected chi connectivity index (χ0v) is 10.9. The molecule has 1 aromatic carbocycles. The first-order valence-corrected chi connectivity index (χ1v) is 6.44. The van der Waals surface area contributed by atoms with Crippen molar-refractivity contribution in [2.24, 2.45) is 11.7 Å². The SMILES string of the molecule is CC1CC(CN)CN1C(C)c1cccc(F)c1F. The lowest BCUT2D eigenvalue weighted by molar-refractivity contribution is 0.196. The van der Waals surface area contributed by atoms with Crippen LogP contribution in [0, 0.1) is 17.6 Å². The molecule has 0 bridgehead atoms. The Morgan fingerprint density at radius 3 is 2.78 bits per heavy atom. The molecule has 1 fully saturated rings. The van der Waals surface area contributed by atoms with Crippen LogP contribution in [0.1, 0.15) is 31.9 Å². The molecule has 3 unspecified atom stereocenters. The van der Waals surface area contributed by atoms with E-state index in [2.05, 4.69) is 11.8 Å². The average Bonchev–Trinajstić information content (AvgIpc) is 2.73. The van der Waals surface area contributed by atoms with Gasteiger partial charge in [-0.3, -0.25) is 4.90 Å². The molecule has 0 saturated carbocycles. The third-order valence-corrected chi connectivity index (χ3v) is 3.97. The predicted octanol–water partition coefficient (Wildman–Crippen LogP) is 2.69. The van der Waals surface area contributed by atoms with Crippen molar-refractivity contribution in [2.75, 3.05) is 13.1 Å². The minimum absolute atomic E-state index is 0.118. The van der Waals surface area contributed by atoms with Gasteiger partial charge in [0.25, 0.3) is 0 Å². The van der Waals surface area contributed by atoms with Crippen molar-refractivity contribution in [3.63, 3.8) is 0 Å². The molecule has 0 spiro atoms. The fourth-order valence-electron chi connectivity index (χ4n) is 2.90. The molecule has 100 valence electrons. The van der Waals surface area contributed by atoms with Gasteiger partial charge in [-0.2, -0.15) is 0 Å². The van der Waals surface area contributed by atoms with Gasteiger partial charge in [-0.05, 0) is 38.8 Å². The highest BCUT2D eigenvalue weighted by Gasteiger charge is 2.33. The van der Waals surface area contributed by atoms with Gasteiger partial charge in [0.05, 0.1) is 0 Å². The molecule has 4 heteroatoms. The lowest BCUT2D eigenvalue weighted by atomic mass is 10.1. The molecule has 0 aromatic heterocycles. The van der Waals surface area contributed by atoms with Gasteiger partial charge >= 0.3 is 0 Å². The standard InChI is InChI=1S/C14H20F2N2/c1-9-6-11(7-17)8-18(9)10(2)12-4-3-5-13(15)14(12)16/h3-5,9-11H,6-8,17H2,1-2H3. The molecule has 1 aromatic rings. The van der Waals surface area contributed by atoms with E-state index in [9.17, 15) is 8.78 Å². The molecule has 0 amide bonds. The largest absolute Gasteiger partial charge is 0.330 e. The summed E-state index contributed by atoms with van der Waals surface area (Å²) in [6, 6.07) is 4.61. The number of halogens is 2. The number of hydrogen-bond donors (Lipinski definition) is 1. The molecule has 2 rings (SSSR count). The molecule has 1 heterocycles. The topological polar surface area (TPSA) is 29.3 Å². The van der Waals surface area contributed by atoms with Crippen LogP contribution in [0.25, 0.3) is 0 Å². The van der Waals surface area contributed by atoms with Gasteiger partial charge in [0.1, 0.15) is 0 Å². The average molecular weight is 254 g/mol. The maximum absolute atomic E-state index is 13.8. The first-order valence-electron chi connectivity index (χ1n) is 6.44. The van der Waals surface area contributed by atoms with E-state index in [1.165, 1.54) is 0 Å². The number of rotatable bonds is 3. The van der Waals surface area contributed by atoms with Crippen molar-refractivity contribution in [3.8, 4) is 0 Å². The van der Waals surface area contributed by atoms with E-state index < -0.39 is 11.6 Å². The predicted molar refractivity (Wildman–Crippen MR) is 68.1 cm³/mol.